The molecule has 4 aromatic rings. The zero-order valence-corrected chi connectivity index (χ0v) is 21.0. The number of nitrogens with zero attached hydrogens (tertiary/aromatic N) is 1. The van der Waals surface area contributed by atoms with Crippen LogP contribution in [0.3, 0.4) is 0 Å². The zero-order valence-electron chi connectivity index (χ0n) is 20.2. The topological polar surface area (TPSA) is 141 Å². The molecule has 0 amide bonds. The Labute approximate surface area is 215 Å². The fourth-order valence-electron chi connectivity index (χ4n) is 3.86. The minimum absolute atomic E-state index is 0.0143. The van der Waals surface area contributed by atoms with Crippen molar-refractivity contribution in [2.45, 2.75) is 18.6 Å². The Balaban J connectivity index is 1.33. The Hall–Kier alpha value is -3.70. The van der Waals surface area contributed by atoms with Gasteiger partial charge in [0.05, 0.1) is 36.4 Å². The third-order valence-corrected chi connectivity index (χ3v) is 6.32. The first-order valence-corrected chi connectivity index (χ1v) is 13.5. The Morgan fingerprint density at radius 1 is 1.00 bits per heavy atom. The second kappa shape index (κ2) is 11.6. The highest BCUT2D eigenvalue weighted by molar-refractivity contribution is 7.92. The first-order chi connectivity index (χ1) is 17.7. The van der Waals surface area contributed by atoms with Crippen molar-refractivity contribution in [3.63, 3.8) is 0 Å². The first kappa shape index (κ1) is 26.4. The van der Waals surface area contributed by atoms with E-state index >= 15 is 0 Å². The minimum atomic E-state index is -3.59. The molecule has 0 aliphatic carbocycles. The maximum atomic E-state index is 11.5. The van der Waals surface area contributed by atoms with Crippen LogP contribution < -0.4 is 14.8 Å². The number of rotatable bonds is 11. The quantitative estimate of drug-likeness (QED) is 0.189. The van der Waals surface area contributed by atoms with Crippen LogP contribution in [0.5, 0.6) is 17.2 Å². The highest BCUT2D eigenvalue weighted by Gasteiger charge is 2.15. The predicted octanol–water partition coefficient (Wildman–Crippen LogP) is 3.33. The maximum absolute atomic E-state index is 11.5. The largest absolute Gasteiger partial charge is 0.506 e. The number of para-hydroxylation sites is 1. The number of aromatic nitrogens is 1. The highest BCUT2D eigenvalue weighted by atomic mass is 32.2. The SMILES string of the molecule is CS(=O)(=O)Nc1cc(C(O)CN[C@H](CO)Cc2ccc(Oc3cnc4ccccc4c3)cc2)ccc1O. The van der Waals surface area contributed by atoms with Gasteiger partial charge in [0.25, 0.3) is 0 Å². The molecule has 194 valence electrons. The zero-order chi connectivity index (χ0) is 26.4. The monoisotopic (exact) mass is 523 g/mol. The molecular formula is C27H29N3O6S. The number of aliphatic hydroxyl groups excluding tert-OH is 2. The molecule has 2 atom stereocenters. The van der Waals surface area contributed by atoms with Crippen molar-refractivity contribution in [1.82, 2.24) is 10.3 Å². The summed E-state index contributed by atoms with van der Waals surface area (Å²) in [5.41, 5.74) is 2.26. The lowest BCUT2D eigenvalue weighted by atomic mass is 10.0. The van der Waals surface area contributed by atoms with Gasteiger partial charge in [0, 0.05) is 18.0 Å². The predicted molar refractivity (Wildman–Crippen MR) is 142 cm³/mol. The fourth-order valence-corrected chi connectivity index (χ4v) is 4.42. The number of ether oxygens (including phenoxy) is 1. The number of hydrogen-bond acceptors (Lipinski definition) is 8. The fraction of sp³-hybridized carbons (Fsp3) is 0.222. The van der Waals surface area contributed by atoms with Gasteiger partial charge >= 0.3 is 0 Å². The molecule has 5 N–H and O–H groups in total. The van der Waals surface area contributed by atoms with Crippen LogP contribution in [0, 0.1) is 0 Å². The third-order valence-electron chi connectivity index (χ3n) is 5.73. The molecule has 9 nitrogen and oxygen atoms in total. The molecule has 0 saturated carbocycles. The van der Waals surface area contributed by atoms with Gasteiger partial charge in [-0.3, -0.25) is 9.71 Å². The number of pyridine rings is 1. The molecule has 1 aromatic heterocycles. The summed E-state index contributed by atoms with van der Waals surface area (Å²) in [5.74, 6) is 1.06. The van der Waals surface area contributed by atoms with E-state index in [4.69, 9.17) is 4.74 Å². The summed E-state index contributed by atoms with van der Waals surface area (Å²) in [4.78, 5) is 4.40. The van der Waals surface area contributed by atoms with Crippen LogP contribution in [0.2, 0.25) is 0 Å². The molecule has 0 saturated heterocycles. The normalized spacial score (nSPS) is 13.3. The van der Waals surface area contributed by atoms with Gasteiger partial charge in [-0.1, -0.05) is 36.4 Å². The molecule has 0 fully saturated rings. The van der Waals surface area contributed by atoms with E-state index in [1.165, 1.54) is 18.2 Å². The van der Waals surface area contributed by atoms with E-state index in [1.54, 1.807) is 6.20 Å². The minimum Gasteiger partial charge on any atom is -0.506 e. The molecule has 0 aliphatic heterocycles. The van der Waals surface area contributed by atoms with E-state index in [0.29, 0.717) is 23.5 Å². The Morgan fingerprint density at radius 2 is 1.76 bits per heavy atom. The summed E-state index contributed by atoms with van der Waals surface area (Å²) in [5, 5.41) is 34.4. The number of anilines is 1. The van der Waals surface area contributed by atoms with E-state index in [-0.39, 0.29) is 30.6 Å². The highest BCUT2D eigenvalue weighted by Crippen LogP contribution is 2.28. The van der Waals surface area contributed by atoms with Crippen molar-refractivity contribution in [1.29, 1.82) is 0 Å². The van der Waals surface area contributed by atoms with Gasteiger partial charge in [0.1, 0.15) is 17.2 Å². The summed E-state index contributed by atoms with van der Waals surface area (Å²) in [6.45, 7) is -0.0331. The lowest BCUT2D eigenvalue weighted by Gasteiger charge is -2.20. The molecule has 1 unspecified atom stereocenters. The van der Waals surface area contributed by atoms with Crippen LogP contribution in [0.15, 0.2) is 79.0 Å². The number of sulfonamides is 1. The molecule has 0 spiro atoms. The maximum Gasteiger partial charge on any atom is 0.229 e. The van der Waals surface area contributed by atoms with E-state index in [9.17, 15) is 23.7 Å². The van der Waals surface area contributed by atoms with Gasteiger partial charge in [-0.15, -0.1) is 0 Å². The number of fused-ring (bicyclic) bond motifs is 1. The lowest BCUT2D eigenvalue weighted by molar-refractivity contribution is 0.158. The summed E-state index contributed by atoms with van der Waals surface area (Å²) in [7, 11) is -3.59. The molecule has 4 rings (SSSR count). The van der Waals surface area contributed by atoms with Gasteiger partial charge in [-0.05, 0) is 53.9 Å². The van der Waals surface area contributed by atoms with Crippen molar-refractivity contribution in [3.8, 4) is 17.2 Å². The average molecular weight is 524 g/mol. The molecule has 0 bridgehead atoms. The second-order valence-electron chi connectivity index (χ2n) is 8.77. The van der Waals surface area contributed by atoms with E-state index in [0.717, 1.165) is 22.7 Å². The molecule has 0 radical (unpaired) electrons. The van der Waals surface area contributed by atoms with Crippen molar-refractivity contribution in [2.75, 3.05) is 24.1 Å². The van der Waals surface area contributed by atoms with Gasteiger partial charge in [0.15, 0.2) is 0 Å². The van der Waals surface area contributed by atoms with Gasteiger partial charge in [0.2, 0.25) is 10.0 Å². The molecular weight excluding hydrogens is 494 g/mol. The second-order valence-corrected chi connectivity index (χ2v) is 10.5. The van der Waals surface area contributed by atoms with Crippen molar-refractivity contribution >= 4 is 26.6 Å². The van der Waals surface area contributed by atoms with Crippen LogP contribution in [-0.4, -0.2) is 54.2 Å². The lowest BCUT2D eigenvalue weighted by Crippen LogP contribution is -2.37. The summed E-state index contributed by atoms with van der Waals surface area (Å²) in [6.07, 6.45) is 2.18. The molecule has 37 heavy (non-hydrogen) atoms. The number of aliphatic hydroxyl groups is 2. The van der Waals surface area contributed by atoms with E-state index in [1.807, 2.05) is 54.6 Å². The smallest absolute Gasteiger partial charge is 0.229 e. The summed E-state index contributed by atoms with van der Waals surface area (Å²) in [6, 6.07) is 21.1. The van der Waals surface area contributed by atoms with Crippen LogP contribution in [0.1, 0.15) is 17.2 Å². The first-order valence-electron chi connectivity index (χ1n) is 11.6. The van der Waals surface area contributed by atoms with Gasteiger partial charge < -0.3 is 25.4 Å². The Kier molecular flexibility index (Phi) is 8.24. The number of phenols is 1. The molecule has 0 aliphatic rings. The van der Waals surface area contributed by atoms with Crippen LogP contribution in [0.4, 0.5) is 5.69 Å². The van der Waals surface area contributed by atoms with Crippen LogP contribution in [-0.2, 0) is 16.4 Å². The Bertz CT molecular complexity index is 1460. The van der Waals surface area contributed by atoms with E-state index < -0.39 is 16.1 Å². The standard InChI is InChI=1S/C27H29N3O6S/c1-37(34,35)30-25-14-20(8-11-26(25)32)27(33)16-28-21(17-31)12-18-6-9-22(10-7-18)36-23-13-19-4-2-3-5-24(19)29-15-23/h2-11,13-15,21,27-28,30-33H,12,16-17H2,1H3/t21-,27?/m0/s1. The molecule has 1 heterocycles. The number of aromatic hydroxyl groups is 1. The number of hydrogen-bond donors (Lipinski definition) is 5. The van der Waals surface area contributed by atoms with Crippen molar-refractivity contribution < 1.29 is 28.5 Å². The Morgan fingerprint density at radius 3 is 2.49 bits per heavy atom. The number of benzene rings is 3. The van der Waals surface area contributed by atoms with E-state index in [2.05, 4.69) is 15.0 Å². The number of phenolic OH excluding ortho intramolecular Hbond substituents is 1. The summed E-state index contributed by atoms with van der Waals surface area (Å²) >= 11 is 0. The van der Waals surface area contributed by atoms with Crippen molar-refractivity contribution in [2.24, 2.45) is 0 Å². The molecule has 3 aromatic carbocycles. The van der Waals surface area contributed by atoms with Gasteiger partial charge in [-0.2, -0.15) is 0 Å². The number of nitrogens with one attached hydrogen (secondary N) is 2. The summed E-state index contributed by atoms with van der Waals surface area (Å²) < 4.78 is 31.1. The van der Waals surface area contributed by atoms with Crippen LogP contribution >= 0.6 is 0 Å². The average Bonchev–Trinajstić information content (AvgIpc) is 2.87. The van der Waals surface area contributed by atoms with Crippen molar-refractivity contribution in [3.05, 3.63) is 90.1 Å². The molecule has 10 heteroatoms. The third kappa shape index (κ3) is 7.40. The van der Waals surface area contributed by atoms with Gasteiger partial charge in [-0.25, -0.2) is 8.42 Å². The van der Waals surface area contributed by atoms with Crippen LogP contribution in [0.25, 0.3) is 10.9 Å².